The number of ether oxygens (including phenoxy) is 1. The Morgan fingerprint density at radius 1 is 1.09 bits per heavy atom. The third kappa shape index (κ3) is 4.71. The zero-order valence-electron chi connectivity index (χ0n) is 25.4. The van der Waals surface area contributed by atoms with Crippen LogP contribution in [0.25, 0.3) is 32.8 Å². The molecule has 11 heteroatoms. The predicted molar refractivity (Wildman–Crippen MR) is 173 cm³/mol. The number of anilines is 1. The molecule has 4 saturated heterocycles. The van der Waals surface area contributed by atoms with Crippen LogP contribution < -0.4 is 9.64 Å². The summed E-state index contributed by atoms with van der Waals surface area (Å²) in [6, 6.07) is 14.3. The molecule has 3 aromatic carbocycles. The van der Waals surface area contributed by atoms with Crippen LogP contribution in [0.4, 0.5) is 10.2 Å². The summed E-state index contributed by atoms with van der Waals surface area (Å²) < 4.78 is 23.3. The highest BCUT2D eigenvalue weighted by Gasteiger charge is 2.46. The Labute approximate surface area is 271 Å². The molecule has 2 bridgehead atoms. The van der Waals surface area contributed by atoms with Crippen LogP contribution in [0.1, 0.15) is 44.9 Å². The second kappa shape index (κ2) is 11.2. The first-order valence-corrected chi connectivity index (χ1v) is 16.5. The standard InChI is InChI=1S/C35H34ClFN6O3/c36-28-17-27-32(31(37)30(28)26-16-24(44)15-21-5-1-2-6-25(21)26)39-34(46-20-35-10-3-13-42(35)14-4-11-35)40-33(27)41-18-22-7-8-23(19-41)43(22)29(45)9-12-38/h1-2,5-6,15-17,22-23,44H,3-4,7-11,13-14,18-20H2/t22-,23+. The van der Waals surface area contributed by atoms with Crippen molar-refractivity contribution in [2.75, 3.05) is 37.7 Å². The van der Waals surface area contributed by atoms with E-state index >= 15 is 4.39 Å². The first-order chi connectivity index (χ1) is 22.3. The Balaban J connectivity index is 1.25. The van der Waals surface area contributed by atoms with Gasteiger partial charge in [0.1, 0.15) is 30.1 Å². The number of benzene rings is 3. The first-order valence-electron chi connectivity index (χ1n) is 16.1. The fraction of sp³-hybridized carbons (Fsp3) is 0.429. The fourth-order valence-electron chi connectivity index (χ4n) is 8.52. The van der Waals surface area contributed by atoms with E-state index in [1.165, 1.54) is 6.07 Å². The summed E-state index contributed by atoms with van der Waals surface area (Å²) in [5.41, 5.74) is 0.667. The first kappa shape index (κ1) is 29.2. The highest BCUT2D eigenvalue weighted by molar-refractivity contribution is 6.35. The lowest BCUT2D eigenvalue weighted by Crippen LogP contribution is -2.56. The van der Waals surface area contributed by atoms with E-state index in [1.54, 1.807) is 12.1 Å². The highest BCUT2D eigenvalue weighted by atomic mass is 35.5. The summed E-state index contributed by atoms with van der Waals surface area (Å²) in [5.74, 6) is -0.239. The number of aromatic nitrogens is 2. The van der Waals surface area contributed by atoms with Crippen LogP contribution in [0.3, 0.4) is 0 Å². The van der Waals surface area contributed by atoms with Crippen molar-refractivity contribution in [2.24, 2.45) is 0 Å². The lowest BCUT2D eigenvalue weighted by Gasteiger charge is -2.41. The van der Waals surface area contributed by atoms with Crippen molar-refractivity contribution in [3.8, 4) is 29.0 Å². The van der Waals surface area contributed by atoms with Gasteiger partial charge in [-0.15, -0.1) is 0 Å². The fourth-order valence-corrected chi connectivity index (χ4v) is 8.81. The van der Waals surface area contributed by atoms with E-state index in [1.807, 2.05) is 35.2 Å². The number of fused-ring (bicyclic) bond motifs is 5. The summed E-state index contributed by atoms with van der Waals surface area (Å²) in [5, 5.41) is 21.9. The lowest BCUT2D eigenvalue weighted by atomic mass is 9.95. The van der Waals surface area contributed by atoms with Crippen molar-refractivity contribution in [2.45, 2.75) is 62.6 Å². The Bertz CT molecular complexity index is 1910. The maximum absolute atomic E-state index is 17.0. The number of hydrogen-bond donors (Lipinski definition) is 1. The van der Waals surface area contributed by atoms with Gasteiger partial charge in [-0.1, -0.05) is 35.9 Å². The SMILES string of the molecule is N#CCC(=O)N1[C@@H]2CC[C@H]1CN(c1nc(OCC34CCCN3CCC4)nc3c(F)c(-c4cc(O)cc5ccccc45)c(Cl)cc13)C2. The minimum atomic E-state index is -0.612. The molecule has 8 rings (SSSR count). The molecule has 4 aromatic rings. The van der Waals surface area contributed by atoms with Gasteiger partial charge in [-0.05, 0) is 86.1 Å². The third-order valence-electron chi connectivity index (χ3n) is 10.5. The normalized spacial score (nSPS) is 22.0. The van der Waals surface area contributed by atoms with E-state index in [9.17, 15) is 9.90 Å². The van der Waals surface area contributed by atoms with E-state index in [-0.39, 0.29) is 57.8 Å². The molecule has 1 N–H and O–H groups in total. The van der Waals surface area contributed by atoms with Gasteiger partial charge in [0, 0.05) is 36.1 Å². The Morgan fingerprint density at radius 2 is 1.83 bits per heavy atom. The Morgan fingerprint density at radius 3 is 2.57 bits per heavy atom. The van der Waals surface area contributed by atoms with Gasteiger partial charge in [-0.3, -0.25) is 9.69 Å². The Kier molecular flexibility index (Phi) is 7.14. The molecule has 1 aromatic heterocycles. The molecule has 0 saturated carbocycles. The topological polar surface area (TPSA) is 106 Å². The highest BCUT2D eigenvalue weighted by Crippen LogP contribution is 2.44. The molecule has 0 radical (unpaired) electrons. The van der Waals surface area contributed by atoms with Gasteiger partial charge in [0.15, 0.2) is 5.82 Å². The molecule has 4 aliphatic rings. The monoisotopic (exact) mass is 640 g/mol. The number of nitrogens with zero attached hydrogens (tertiary/aromatic N) is 6. The van der Waals surface area contributed by atoms with Crippen molar-refractivity contribution in [3.63, 3.8) is 0 Å². The molecule has 236 valence electrons. The number of carbonyl (C=O) groups excluding carboxylic acids is 1. The number of aromatic hydroxyl groups is 1. The largest absolute Gasteiger partial charge is 0.508 e. The maximum atomic E-state index is 17.0. The van der Waals surface area contributed by atoms with Crippen LogP contribution in [-0.4, -0.2) is 81.2 Å². The molecule has 1 amide bonds. The van der Waals surface area contributed by atoms with E-state index < -0.39 is 5.82 Å². The van der Waals surface area contributed by atoms with Crippen molar-refractivity contribution >= 4 is 45.0 Å². The number of hydrogen-bond acceptors (Lipinski definition) is 8. The van der Waals surface area contributed by atoms with E-state index in [2.05, 4.69) is 14.8 Å². The molecule has 4 aliphatic heterocycles. The van der Waals surface area contributed by atoms with Crippen molar-refractivity contribution in [1.82, 2.24) is 19.8 Å². The average Bonchev–Trinajstić information content (AvgIpc) is 3.70. The van der Waals surface area contributed by atoms with E-state index in [0.717, 1.165) is 62.4 Å². The van der Waals surface area contributed by atoms with Gasteiger partial charge >= 0.3 is 6.01 Å². The number of nitriles is 1. The van der Waals surface area contributed by atoms with E-state index in [4.69, 9.17) is 26.6 Å². The molecule has 0 aliphatic carbocycles. The molecule has 5 heterocycles. The maximum Gasteiger partial charge on any atom is 0.319 e. The van der Waals surface area contributed by atoms with Crippen LogP contribution in [0, 0.1) is 17.1 Å². The van der Waals surface area contributed by atoms with Crippen LogP contribution in [-0.2, 0) is 4.79 Å². The number of carbonyl (C=O) groups is 1. The summed E-state index contributed by atoms with van der Waals surface area (Å²) in [6.45, 7) is 3.53. The number of piperazine rings is 1. The molecule has 46 heavy (non-hydrogen) atoms. The quantitative estimate of drug-likeness (QED) is 0.272. The van der Waals surface area contributed by atoms with Crippen LogP contribution in [0.2, 0.25) is 5.02 Å². The van der Waals surface area contributed by atoms with Gasteiger partial charge in [-0.2, -0.15) is 15.2 Å². The van der Waals surface area contributed by atoms with Crippen molar-refractivity contribution < 1.29 is 19.0 Å². The number of rotatable bonds is 6. The molecule has 9 nitrogen and oxygen atoms in total. The zero-order chi connectivity index (χ0) is 31.6. The number of amides is 1. The summed E-state index contributed by atoms with van der Waals surface area (Å²) in [6.07, 6.45) is 5.86. The van der Waals surface area contributed by atoms with Crippen LogP contribution in [0.5, 0.6) is 11.8 Å². The number of phenolic OH excluding ortho intramolecular Hbond substituents is 1. The number of phenols is 1. The zero-order valence-corrected chi connectivity index (χ0v) is 26.1. The summed E-state index contributed by atoms with van der Waals surface area (Å²) in [7, 11) is 0. The van der Waals surface area contributed by atoms with Crippen LogP contribution in [0.15, 0.2) is 42.5 Å². The minimum absolute atomic E-state index is 0.00731. The van der Waals surface area contributed by atoms with Gasteiger partial charge in [0.05, 0.1) is 16.6 Å². The van der Waals surface area contributed by atoms with Gasteiger partial charge in [0.2, 0.25) is 5.91 Å². The molecular formula is C35H34ClFN6O3. The van der Waals surface area contributed by atoms with Crippen molar-refractivity contribution in [1.29, 1.82) is 5.26 Å². The van der Waals surface area contributed by atoms with Crippen LogP contribution >= 0.6 is 11.6 Å². The Hall–Kier alpha value is -4.20. The lowest BCUT2D eigenvalue weighted by molar-refractivity contribution is -0.133. The molecular weight excluding hydrogens is 607 g/mol. The molecule has 0 unspecified atom stereocenters. The van der Waals surface area contributed by atoms with Gasteiger partial charge < -0.3 is 19.6 Å². The minimum Gasteiger partial charge on any atom is -0.508 e. The van der Waals surface area contributed by atoms with Gasteiger partial charge in [0.25, 0.3) is 0 Å². The second-order valence-corrected chi connectivity index (χ2v) is 13.5. The predicted octanol–water partition coefficient (Wildman–Crippen LogP) is 6.05. The molecule has 0 spiro atoms. The average molecular weight is 641 g/mol. The van der Waals surface area contributed by atoms with Gasteiger partial charge in [-0.25, -0.2) is 4.39 Å². The van der Waals surface area contributed by atoms with E-state index in [0.29, 0.717) is 36.5 Å². The molecule has 4 fully saturated rings. The van der Waals surface area contributed by atoms with Crippen molar-refractivity contribution in [3.05, 3.63) is 53.3 Å². The smallest absolute Gasteiger partial charge is 0.319 e. The summed E-state index contributed by atoms with van der Waals surface area (Å²) >= 11 is 6.91. The molecule has 2 atom stereocenters. The number of halogens is 2. The second-order valence-electron chi connectivity index (χ2n) is 13.1. The summed E-state index contributed by atoms with van der Waals surface area (Å²) in [4.78, 5) is 28.8. The third-order valence-corrected chi connectivity index (χ3v) is 10.8.